The van der Waals surface area contributed by atoms with E-state index in [9.17, 15) is 0 Å². The van der Waals surface area contributed by atoms with Crippen LogP contribution in [0.5, 0.6) is 5.75 Å². The zero-order valence-electron chi connectivity index (χ0n) is 16.7. The molecule has 0 aliphatic heterocycles. The summed E-state index contributed by atoms with van der Waals surface area (Å²) in [6, 6.07) is 5.90. The van der Waals surface area contributed by atoms with Crippen LogP contribution in [-0.4, -0.2) is 4.98 Å². The fraction of sp³-hybridized carbons (Fsp3) is 0.348. The van der Waals surface area contributed by atoms with Gasteiger partial charge in [0.1, 0.15) is 12.4 Å². The quantitative estimate of drug-likeness (QED) is 0.518. The summed E-state index contributed by atoms with van der Waals surface area (Å²) in [6.07, 6.45) is 0. The maximum Gasteiger partial charge on any atom is 0.132 e. The van der Waals surface area contributed by atoms with E-state index in [-0.39, 0.29) is 0 Å². The van der Waals surface area contributed by atoms with Gasteiger partial charge in [-0.2, -0.15) is 0 Å². The summed E-state index contributed by atoms with van der Waals surface area (Å²) in [5.74, 6) is 0.802. The second-order valence-electron chi connectivity index (χ2n) is 7.24. The van der Waals surface area contributed by atoms with Crippen molar-refractivity contribution in [2.45, 2.75) is 55.1 Å². The van der Waals surface area contributed by atoms with Gasteiger partial charge in [0.05, 0.1) is 15.9 Å². The van der Waals surface area contributed by atoms with E-state index in [1.807, 2.05) is 25.1 Å². The first-order valence-electron chi connectivity index (χ1n) is 8.97. The molecule has 26 heavy (non-hydrogen) atoms. The largest absolute Gasteiger partial charge is 0.488 e. The predicted octanol–water partition coefficient (Wildman–Crippen LogP) is 6.63. The molecule has 2 nitrogen and oxygen atoms in total. The molecule has 1 aromatic heterocycles. The molecule has 0 unspecified atom stereocenters. The van der Waals surface area contributed by atoms with Crippen molar-refractivity contribution in [1.29, 1.82) is 0 Å². The van der Waals surface area contributed by atoms with Crippen LogP contribution < -0.4 is 4.74 Å². The number of ether oxygens (including phenoxy) is 1. The summed E-state index contributed by atoms with van der Waals surface area (Å²) in [4.78, 5) is 4.66. The molecule has 1 heterocycles. The van der Waals surface area contributed by atoms with Gasteiger partial charge in [0, 0.05) is 11.8 Å². The van der Waals surface area contributed by atoms with Crippen molar-refractivity contribution in [1.82, 2.24) is 4.98 Å². The van der Waals surface area contributed by atoms with Crippen LogP contribution in [0.1, 0.15) is 44.6 Å². The Balaban J connectivity index is 2.09. The fourth-order valence-corrected chi connectivity index (χ4v) is 3.82. The second-order valence-corrected chi connectivity index (χ2v) is 7.65. The Bertz CT molecular complexity index is 992. The minimum absolute atomic E-state index is 0.530. The Labute approximate surface area is 161 Å². The SMILES string of the molecule is Cc1cc(OCc2c(C)c(C)c(C)c(C)c2C)c2c(Cl)ccc(C)c2n1. The Kier molecular flexibility index (Phi) is 4.98. The Hall–Kier alpha value is -2.06. The first kappa shape index (κ1) is 18.7. The summed E-state index contributed by atoms with van der Waals surface area (Å²) < 4.78 is 6.31. The summed E-state index contributed by atoms with van der Waals surface area (Å²) >= 11 is 6.48. The third kappa shape index (κ3) is 3.07. The molecule has 3 rings (SSSR count). The molecule has 0 saturated heterocycles. The Morgan fingerprint density at radius 1 is 0.846 bits per heavy atom. The molecule has 136 valence electrons. The van der Waals surface area contributed by atoms with Gasteiger partial charge in [-0.1, -0.05) is 17.7 Å². The number of fused-ring (bicyclic) bond motifs is 1. The van der Waals surface area contributed by atoms with Gasteiger partial charge in [-0.25, -0.2) is 0 Å². The van der Waals surface area contributed by atoms with Gasteiger partial charge in [0.25, 0.3) is 0 Å². The average Bonchev–Trinajstić information content (AvgIpc) is 2.61. The van der Waals surface area contributed by atoms with Crippen molar-refractivity contribution >= 4 is 22.5 Å². The molecule has 0 N–H and O–H groups in total. The van der Waals surface area contributed by atoms with Gasteiger partial charge in [-0.05, 0) is 93.5 Å². The standard InChI is InChI=1S/C23H26ClNO/c1-12-8-9-20(24)22-21(10-13(2)25-23(12)22)26-11-19-17(6)15(4)14(3)16(5)18(19)7/h8-10H,11H2,1-7H3. The lowest BCUT2D eigenvalue weighted by molar-refractivity contribution is 0.307. The van der Waals surface area contributed by atoms with Crippen LogP contribution in [0.3, 0.4) is 0 Å². The molecule has 0 aliphatic carbocycles. The lowest BCUT2D eigenvalue weighted by Gasteiger charge is -2.20. The van der Waals surface area contributed by atoms with Crippen LogP contribution in [-0.2, 0) is 6.61 Å². The third-order valence-corrected chi connectivity index (χ3v) is 6.05. The van der Waals surface area contributed by atoms with Crippen molar-refractivity contribution in [2.75, 3.05) is 0 Å². The second kappa shape index (κ2) is 6.92. The highest BCUT2D eigenvalue weighted by Crippen LogP contribution is 2.35. The molecule has 2 aromatic carbocycles. The van der Waals surface area contributed by atoms with Gasteiger partial charge < -0.3 is 4.74 Å². The summed E-state index contributed by atoms with van der Waals surface area (Å²) in [5.41, 5.74) is 10.9. The van der Waals surface area contributed by atoms with E-state index in [1.54, 1.807) is 0 Å². The monoisotopic (exact) mass is 367 g/mol. The first-order chi connectivity index (χ1) is 12.2. The van der Waals surface area contributed by atoms with Gasteiger partial charge in [0.2, 0.25) is 0 Å². The molecule has 0 fully saturated rings. The number of nitrogens with zero attached hydrogens (tertiary/aromatic N) is 1. The normalized spacial score (nSPS) is 11.2. The molecule has 3 aromatic rings. The molecule has 0 atom stereocenters. The van der Waals surface area contributed by atoms with Crippen molar-refractivity contribution in [3.05, 3.63) is 67.9 Å². The van der Waals surface area contributed by atoms with Gasteiger partial charge in [0.15, 0.2) is 0 Å². The molecule has 0 bridgehead atoms. The number of aromatic nitrogens is 1. The molecule has 0 saturated carbocycles. The lowest BCUT2D eigenvalue weighted by atomic mass is 9.90. The summed E-state index contributed by atoms with van der Waals surface area (Å²) in [5, 5.41) is 1.57. The highest BCUT2D eigenvalue weighted by atomic mass is 35.5. The van der Waals surface area contributed by atoms with Crippen LogP contribution >= 0.6 is 11.6 Å². The zero-order chi connectivity index (χ0) is 19.2. The first-order valence-corrected chi connectivity index (χ1v) is 9.35. The highest BCUT2D eigenvalue weighted by molar-refractivity contribution is 6.36. The number of aryl methyl sites for hydroxylation is 2. The summed E-state index contributed by atoms with van der Waals surface area (Å²) in [6.45, 7) is 15.5. The fourth-order valence-electron chi connectivity index (χ4n) is 3.58. The van der Waals surface area contributed by atoms with E-state index in [1.165, 1.54) is 33.4 Å². The number of pyridine rings is 1. The zero-order valence-corrected chi connectivity index (χ0v) is 17.4. The van der Waals surface area contributed by atoms with Crippen LogP contribution in [0.4, 0.5) is 0 Å². The van der Waals surface area contributed by atoms with E-state index in [0.29, 0.717) is 11.6 Å². The van der Waals surface area contributed by atoms with Gasteiger partial charge >= 0.3 is 0 Å². The van der Waals surface area contributed by atoms with Crippen molar-refractivity contribution < 1.29 is 4.74 Å². The average molecular weight is 368 g/mol. The molecular formula is C23H26ClNO. The van der Waals surface area contributed by atoms with Crippen molar-refractivity contribution in [2.24, 2.45) is 0 Å². The number of hydrogen-bond donors (Lipinski definition) is 0. The lowest BCUT2D eigenvalue weighted by Crippen LogP contribution is -2.07. The van der Waals surface area contributed by atoms with Crippen molar-refractivity contribution in [3.8, 4) is 5.75 Å². The highest BCUT2D eigenvalue weighted by Gasteiger charge is 2.15. The molecule has 3 heteroatoms. The van der Waals surface area contributed by atoms with E-state index in [4.69, 9.17) is 16.3 Å². The van der Waals surface area contributed by atoms with Crippen LogP contribution in [0.15, 0.2) is 18.2 Å². The molecule has 0 amide bonds. The van der Waals surface area contributed by atoms with Crippen LogP contribution in [0.25, 0.3) is 10.9 Å². The van der Waals surface area contributed by atoms with Crippen LogP contribution in [0.2, 0.25) is 5.02 Å². The Morgan fingerprint density at radius 3 is 2.04 bits per heavy atom. The van der Waals surface area contributed by atoms with E-state index in [0.717, 1.165) is 27.9 Å². The molecule has 0 aliphatic rings. The van der Waals surface area contributed by atoms with Crippen LogP contribution in [0, 0.1) is 48.5 Å². The maximum absolute atomic E-state index is 6.48. The molecule has 0 radical (unpaired) electrons. The molecular weight excluding hydrogens is 342 g/mol. The van der Waals surface area contributed by atoms with Crippen molar-refractivity contribution in [3.63, 3.8) is 0 Å². The third-order valence-electron chi connectivity index (χ3n) is 5.73. The number of halogens is 1. The Morgan fingerprint density at radius 2 is 1.42 bits per heavy atom. The van der Waals surface area contributed by atoms with Gasteiger partial charge in [-0.15, -0.1) is 0 Å². The van der Waals surface area contributed by atoms with E-state index >= 15 is 0 Å². The smallest absolute Gasteiger partial charge is 0.132 e. The minimum Gasteiger partial charge on any atom is -0.488 e. The summed E-state index contributed by atoms with van der Waals surface area (Å²) in [7, 11) is 0. The molecule has 0 spiro atoms. The van der Waals surface area contributed by atoms with Gasteiger partial charge in [-0.3, -0.25) is 4.98 Å². The minimum atomic E-state index is 0.530. The topological polar surface area (TPSA) is 22.1 Å². The predicted molar refractivity (Wildman–Crippen MR) is 111 cm³/mol. The number of benzene rings is 2. The van der Waals surface area contributed by atoms with E-state index < -0.39 is 0 Å². The maximum atomic E-state index is 6.48. The number of rotatable bonds is 3. The number of hydrogen-bond acceptors (Lipinski definition) is 2. The van der Waals surface area contributed by atoms with E-state index in [2.05, 4.69) is 46.5 Å².